The van der Waals surface area contributed by atoms with Crippen molar-refractivity contribution in [3.8, 4) is 5.75 Å². The van der Waals surface area contributed by atoms with Crippen molar-refractivity contribution in [3.05, 3.63) is 98.5 Å². The molecule has 0 unspecified atom stereocenters. The number of rotatable bonds is 7. The number of benzene rings is 2. The summed E-state index contributed by atoms with van der Waals surface area (Å²) in [4.78, 5) is 34.6. The highest BCUT2D eigenvalue weighted by molar-refractivity contribution is 5.92. The summed E-state index contributed by atoms with van der Waals surface area (Å²) in [7, 11) is 0. The van der Waals surface area contributed by atoms with Crippen molar-refractivity contribution in [2.45, 2.75) is 20.1 Å². The van der Waals surface area contributed by atoms with Gasteiger partial charge in [-0.25, -0.2) is 0 Å². The molecule has 0 saturated carbocycles. The van der Waals surface area contributed by atoms with Crippen molar-refractivity contribution < 1.29 is 14.5 Å². The van der Waals surface area contributed by atoms with Gasteiger partial charge in [-0.05, 0) is 30.2 Å². The Kier molecular flexibility index (Phi) is 6.03. The summed E-state index contributed by atoms with van der Waals surface area (Å²) in [5.41, 5.74) is 1.63. The second-order valence-electron chi connectivity index (χ2n) is 6.43. The first-order valence-electron chi connectivity index (χ1n) is 8.84. The SMILES string of the molecule is Cc1ccc(NC(=O)Cn2cc([N+](=O)[O-])ccc2=O)c(OCc2ccccc2)c1. The Balaban J connectivity index is 1.74. The number of anilines is 1. The second-order valence-corrected chi connectivity index (χ2v) is 6.43. The van der Waals surface area contributed by atoms with Crippen molar-refractivity contribution in [2.24, 2.45) is 0 Å². The molecule has 0 aliphatic carbocycles. The molecule has 0 fully saturated rings. The van der Waals surface area contributed by atoms with Gasteiger partial charge in [-0.1, -0.05) is 36.4 Å². The minimum Gasteiger partial charge on any atom is -0.487 e. The maximum Gasteiger partial charge on any atom is 0.285 e. The van der Waals surface area contributed by atoms with Gasteiger partial charge >= 0.3 is 0 Å². The molecule has 1 heterocycles. The molecule has 148 valence electrons. The van der Waals surface area contributed by atoms with Gasteiger partial charge < -0.3 is 10.1 Å². The van der Waals surface area contributed by atoms with Crippen LogP contribution in [-0.4, -0.2) is 15.4 Å². The van der Waals surface area contributed by atoms with Gasteiger partial charge in [0.05, 0.1) is 16.8 Å². The summed E-state index contributed by atoms with van der Waals surface area (Å²) in [5, 5.41) is 13.6. The molecule has 29 heavy (non-hydrogen) atoms. The molecule has 8 nitrogen and oxygen atoms in total. The van der Waals surface area contributed by atoms with E-state index >= 15 is 0 Å². The summed E-state index contributed by atoms with van der Waals surface area (Å²) in [5.74, 6) is -0.00500. The van der Waals surface area contributed by atoms with Crippen molar-refractivity contribution in [1.29, 1.82) is 0 Å². The minimum atomic E-state index is -0.622. The number of nitrogens with one attached hydrogen (secondary N) is 1. The molecule has 1 N–H and O–H groups in total. The van der Waals surface area contributed by atoms with Gasteiger partial charge in [0.25, 0.3) is 11.2 Å². The Morgan fingerprint density at radius 1 is 1.14 bits per heavy atom. The highest BCUT2D eigenvalue weighted by Crippen LogP contribution is 2.26. The lowest BCUT2D eigenvalue weighted by Crippen LogP contribution is -2.27. The number of nitro groups is 1. The molecule has 0 saturated heterocycles. The topological polar surface area (TPSA) is 103 Å². The monoisotopic (exact) mass is 393 g/mol. The highest BCUT2D eigenvalue weighted by atomic mass is 16.6. The Morgan fingerprint density at radius 3 is 2.62 bits per heavy atom. The first-order chi connectivity index (χ1) is 13.9. The number of carbonyl (C=O) groups excluding carboxylic acids is 1. The van der Waals surface area contributed by atoms with Gasteiger partial charge in [0.1, 0.15) is 18.9 Å². The maximum atomic E-state index is 12.4. The summed E-state index contributed by atoms with van der Waals surface area (Å²) < 4.78 is 6.85. The zero-order valence-corrected chi connectivity index (χ0v) is 15.7. The van der Waals surface area contributed by atoms with Crippen LogP contribution >= 0.6 is 0 Å². The number of aryl methyl sites for hydroxylation is 1. The van der Waals surface area contributed by atoms with E-state index in [-0.39, 0.29) is 12.2 Å². The van der Waals surface area contributed by atoms with E-state index in [0.717, 1.165) is 34.0 Å². The third-order valence-corrected chi connectivity index (χ3v) is 4.14. The van der Waals surface area contributed by atoms with Crippen LogP contribution in [0.25, 0.3) is 0 Å². The van der Waals surface area contributed by atoms with E-state index in [1.165, 1.54) is 0 Å². The van der Waals surface area contributed by atoms with Crippen LogP contribution in [0.2, 0.25) is 0 Å². The molecule has 1 aromatic heterocycles. The molecule has 0 aliphatic heterocycles. The Morgan fingerprint density at radius 2 is 1.90 bits per heavy atom. The fourth-order valence-corrected chi connectivity index (χ4v) is 2.68. The predicted octanol–water partition coefficient (Wildman–Crippen LogP) is 3.28. The largest absolute Gasteiger partial charge is 0.487 e. The first kappa shape index (κ1) is 19.8. The number of nitrogens with zero attached hydrogens (tertiary/aromatic N) is 2. The molecule has 0 atom stereocenters. The van der Waals surface area contributed by atoms with Crippen LogP contribution in [0.1, 0.15) is 11.1 Å². The van der Waals surface area contributed by atoms with E-state index in [9.17, 15) is 19.7 Å². The van der Waals surface area contributed by atoms with Crippen molar-refractivity contribution in [1.82, 2.24) is 4.57 Å². The van der Waals surface area contributed by atoms with Gasteiger partial charge in [-0.3, -0.25) is 24.3 Å². The molecule has 0 aliphatic rings. The number of pyridine rings is 1. The fourth-order valence-electron chi connectivity index (χ4n) is 2.68. The molecule has 1 amide bonds. The molecular weight excluding hydrogens is 374 g/mol. The quantitative estimate of drug-likeness (QED) is 0.490. The fraction of sp³-hybridized carbons (Fsp3) is 0.143. The normalized spacial score (nSPS) is 10.4. The number of hydrogen-bond donors (Lipinski definition) is 1. The Bertz CT molecular complexity index is 1090. The van der Waals surface area contributed by atoms with Crippen molar-refractivity contribution >= 4 is 17.3 Å². The highest BCUT2D eigenvalue weighted by Gasteiger charge is 2.13. The third-order valence-electron chi connectivity index (χ3n) is 4.14. The van der Waals surface area contributed by atoms with E-state index in [2.05, 4.69) is 5.32 Å². The first-order valence-corrected chi connectivity index (χ1v) is 8.84. The standard InChI is InChI=1S/C21H19N3O5/c1-15-7-9-18(19(11-15)29-14-16-5-3-2-4-6-16)22-20(25)13-23-12-17(24(27)28)8-10-21(23)26/h2-12H,13-14H2,1H3,(H,22,25). The summed E-state index contributed by atoms with van der Waals surface area (Å²) in [6, 6.07) is 17.1. The van der Waals surface area contributed by atoms with Gasteiger partial charge in [-0.2, -0.15) is 0 Å². The molecule has 3 aromatic rings. The minimum absolute atomic E-state index is 0.264. The van der Waals surface area contributed by atoms with Crippen LogP contribution in [0.3, 0.4) is 0 Å². The number of amides is 1. The molecule has 8 heteroatoms. The molecule has 0 bridgehead atoms. The van der Waals surface area contributed by atoms with Gasteiger partial charge in [0.2, 0.25) is 5.91 Å². The van der Waals surface area contributed by atoms with E-state index in [1.807, 2.05) is 43.3 Å². The maximum absolute atomic E-state index is 12.4. The van der Waals surface area contributed by atoms with Crippen LogP contribution < -0.4 is 15.6 Å². The molecule has 0 spiro atoms. The van der Waals surface area contributed by atoms with Gasteiger partial charge in [0.15, 0.2) is 0 Å². The predicted molar refractivity (Wildman–Crippen MR) is 108 cm³/mol. The summed E-state index contributed by atoms with van der Waals surface area (Å²) in [6.45, 7) is 1.88. The van der Waals surface area contributed by atoms with Gasteiger partial charge in [0, 0.05) is 12.1 Å². The smallest absolute Gasteiger partial charge is 0.285 e. The molecular formula is C21H19N3O5. The number of hydrogen-bond acceptors (Lipinski definition) is 5. The zero-order valence-electron chi connectivity index (χ0n) is 15.7. The lowest BCUT2D eigenvalue weighted by Gasteiger charge is -2.14. The second kappa shape index (κ2) is 8.83. The lowest BCUT2D eigenvalue weighted by molar-refractivity contribution is -0.385. The van der Waals surface area contributed by atoms with Crippen LogP contribution in [-0.2, 0) is 17.9 Å². The Labute approximate surface area is 166 Å². The number of aromatic nitrogens is 1. The molecule has 0 radical (unpaired) electrons. The molecule has 3 rings (SSSR count). The van der Waals surface area contributed by atoms with Crippen LogP contribution in [0.5, 0.6) is 5.75 Å². The van der Waals surface area contributed by atoms with Crippen molar-refractivity contribution in [2.75, 3.05) is 5.32 Å². The van der Waals surface area contributed by atoms with Crippen molar-refractivity contribution in [3.63, 3.8) is 0 Å². The van der Waals surface area contributed by atoms with Crippen LogP contribution in [0, 0.1) is 17.0 Å². The van der Waals surface area contributed by atoms with Crippen LogP contribution in [0.15, 0.2) is 71.7 Å². The number of ether oxygens (including phenoxy) is 1. The van der Waals surface area contributed by atoms with E-state index in [1.54, 1.807) is 12.1 Å². The Hall–Kier alpha value is -3.94. The average molecular weight is 393 g/mol. The van der Waals surface area contributed by atoms with E-state index in [4.69, 9.17) is 4.74 Å². The van der Waals surface area contributed by atoms with E-state index in [0.29, 0.717) is 18.0 Å². The lowest BCUT2D eigenvalue weighted by atomic mass is 10.2. The summed E-state index contributed by atoms with van der Waals surface area (Å²) in [6.07, 6.45) is 1.05. The summed E-state index contributed by atoms with van der Waals surface area (Å²) >= 11 is 0. The van der Waals surface area contributed by atoms with Crippen LogP contribution in [0.4, 0.5) is 11.4 Å². The van der Waals surface area contributed by atoms with E-state index < -0.39 is 16.4 Å². The number of carbonyl (C=O) groups is 1. The average Bonchev–Trinajstić information content (AvgIpc) is 2.70. The zero-order chi connectivity index (χ0) is 20.8. The third kappa shape index (κ3) is 5.29. The van der Waals surface area contributed by atoms with Gasteiger partial charge in [-0.15, -0.1) is 0 Å². The molecule has 2 aromatic carbocycles.